The molecule has 0 aromatic heterocycles. The number of methoxy groups -OCH3 is 1. The fourth-order valence-corrected chi connectivity index (χ4v) is 3.74. The predicted octanol–water partition coefficient (Wildman–Crippen LogP) is 7.04. The number of carbonyl (C=O) groups is 1. The first-order valence-electron chi connectivity index (χ1n) is 9.74. The number of hydrogen-bond donors (Lipinski definition) is 1. The molecule has 0 atom stereocenters. The molecule has 0 bridgehead atoms. The van der Waals surface area contributed by atoms with Gasteiger partial charge in [0.25, 0.3) is 5.91 Å². The lowest BCUT2D eigenvalue weighted by atomic mass is 10.1. The molecule has 0 radical (unpaired) electrons. The first-order valence-corrected chi connectivity index (χ1v) is 11.6. The summed E-state index contributed by atoms with van der Waals surface area (Å²) in [4.78, 5) is 12.7. The number of nitrogens with one attached hydrogen (secondary N) is 1. The minimum Gasteiger partial charge on any atom is -0.493 e. The molecule has 1 N–H and O–H groups in total. The summed E-state index contributed by atoms with van der Waals surface area (Å²) in [5, 5.41) is 13.0. The molecule has 5 nitrogen and oxygen atoms in total. The monoisotopic (exact) mass is 592 g/mol. The SMILES string of the molecule is COc1cc(/C=C(\C#N)C(=O)Nc2cc(Cl)ccc2C)cc(Cl)c1OCc1ccc(I)cc1. The van der Waals surface area contributed by atoms with E-state index in [9.17, 15) is 10.1 Å². The Hall–Kier alpha value is -2.73. The van der Waals surface area contributed by atoms with Gasteiger partial charge in [-0.1, -0.05) is 41.4 Å². The lowest BCUT2D eigenvalue weighted by Gasteiger charge is -2.14. The van der Waals surface area contributed by atoms with Crippen molar-refractivity contribution in [2.45, 2.75) is 13.5 Å². The van der Waals surface area contributed by atoms with Gasteiger partial charge < -0.3 is 14.8 Å². The number of hydrogen-bond acceptors (Lipinski definition) is 4. The maximum atomic E-state index is 12.7. The maximum Gasteiger partial charge on any atom is 0.266 e. The number of benzene rings is 3. The third-order valence-electron chi connectivity index (χ3n) is 4.67. The molecule has 0 unspecified atom stereocenters. The van der Waals surface area contributed by atoms with Crippen LogP contribution in [0.15, 0.2) is 60.2 Å². The number of nitrogens with zero attached hydrogens (tertiary/aromatic N) is 1. The minimum absolute atomic E-state index is 0.0972. The van der Waals surface area contributed by atoms with Gasteiger partial charge in [-0.25, -0.2) is 0 Å². The van der Waals surface area contributed by atoms with Crippen molar-refractivity contribution in [3.05, 3.63) is 90.5 Å². The number of anilines is 1. The molecule has 3 aromatic rings. The highest BCUT2D eigenvalue weighted by Gasteiger charge is 2.15. The number of carbonyl (C=O) groups excluding carboxylic acids is 1. The molecule has 8 heteroatoms. The first-order chi connectivity index (χ1) is 15.8. The van der Waals surface area contributed by atoms with Crippen LogP contribution < -0.4 is 14.8 Å². The van der Waals surface area contributed by atoms with Gasteiger partial charge in [-0.15, -0.1) is 0 Å². The van der Waals surface area contributed by atoms with Crippen LogP contribution in [-0.4, -0.2) is 13.0 Å². The Labute approximate surface area is 216 Å². The highest BCUT2D eigenvalue weighted by atomic mass is 127. The van der Waals surface area contributed by atoms with Crippen molar-refractivity contribution in [2.24, 2.45) is 0 Å². The average molecular weight is 593 g/mol. The molecule has 0 saturated heterocycles. The van der Waals surface area contributed by atoms with Gasteiger partial charge in [-0.2, -0.15) is 5.26 Å². The summed E-state index contributed by atoms with van der Waals surface area (Å²) in [5.41, 5.74) is 2.76. The summed E-state index contributed by atoms with van der Waals surface area (Å²) in [7, 11) is 1.50. The second-order valence-corrected chi connectivity index (χ2v) is 9.12. The molecule has 3 aromatic carbocycles. The van der Waals surface area contributed by atoms with E-state index < -0.39 is 5.91 Å². The van der Waals surface area contributed by atoms with Gasteiger partial charge in [0.2, 0.25) is 0 Å². The Morgan fingerprint density at radius 2 is 1.88 bits per heavy atom. The zero-order chi connectivity index (χ0) is 24.0. The Morgan fingerprint density at radius 1 is 1.15 bits per heavy atom. The highest BCUT2D eigenvalue weighted by molar-refractivity contribution is 14.1. The number of amides is 1. The van der Waals surface area contributed by atoms with Crippen LogP contribution in [0.2, 0.25) is 10.0 Å². The molecule has 1 amide bonds. The minimum atomic E-state index is -0.558. The Kier molecular flexibility index (Phi) is 8.61. The van der Waals surface area contributed by atoms with Gasteiger partial charge in [-0.3, -0.25) is 4.79 Å². The molecule has 168 valence electrons. The van der Waals surface area contributed by atoms with Gasteiger partial charge in [0, 0.05) is 14.3 Å². The van der Waals surface area contributed by atoms with Crippen LogP contribution in [0.25, 0.3) is 6.08 Å². The van der Waals surface area contributed by atoms with Crippen molar-refractivity contribution in [1.29, 1.82) is 5.26 Å². The fraction of sp³-hybridized carbons (Fsp3) is 0.120. The van der Waals surface area contributed by atoms with E-state index in [4.69, 9.17) is 32.7 Å². The van der Waals surface area contributed by atoms with E-state index in [1.165, 1.54) is 13.2 Å². The van der Waals surface area contributed by atoms with E-state index in [2.05, 4.69) is 27.9 Å². The molecule has 0 heterocycles. The maximum absolute atomic E-state index is 12.7. The predicted molar refractivity (Wildman–Crippen MR) is 140 cm³/mol. The van der Waals surface area contributed by atoms with E-state index in [0.29, 0.717) is 39.4 Å². The van der Waals surface area contributed by atoms with Gasteiger partial charge >= 0.3 is 0 Å². The number of rotatable bonds is 7. The summed E-state index contributed by atoms with van der Waals surface area (Å²) in [6.45, 7) is 2.15. The number of halogens is 3. The van der Waals surface area contributed by atoms with E-state index in [1.807, 2.05) is 37.3 Å². The van der Waals surface area contributed by atoms with Crippen LogP contribution in [0, 0.1) is 21.8 Å². The molecule has 0 aliphatic rings. The lowest BCUT2D eigenvalue weighted by Crippen LogP contribution is -2.14. The smallest absolute Gasteiger partial charge is 0.266 e. The molecule has 0 saturated carbocycles. The van der Waals surface area contributed by atoms with Crippen molar-refractivity contribution in [3.8, 4) is 17.6 Å². The summed E-state index contributed by atoms with van der Waals surface area (Å²) in [5.74, 6) is 0.215. The first kappa shape index (κ1) is 24.9. The van der Waals surface area contributed by atoms with E-state index in [-0.39, 0.29) is 5.57 Å². The summed E-state index contributed by atoms with van der Waals surface area (Å²) in [6.07, 6.45) is 1.44. The van der Waals surface area contributed by atoms with Gasteiger partial charge in [0.05, 0.1) is 12.1 Å². The third kappa shape index (κ3) is 6.64. The zero-order valence-corrected chi connectivity index (χ0v) is 21.5. The lowest BCUT2D eigenvalue weighted by molar-refractivity contribution is -0.112. The topological polar surface area (TPSA) is 71.3 Å². The Balaban J connectivity index is 1.83. The molecule has 0 aliphatic heterocycles. The zero-order valence-electron chi connectivity index (χ0n) is 17.8. The Bertz CT molecular complexity index is 1250. The molecular weight excluding hydrogens is 574 g/mol. The highest BCUT2D eigenvalue weighted by Crippen LogP contribution is 2.37. The molecule has 3 rings (SSSR count). The number of nitriles is 1. The normalized spacial score (nSPS) is 11.0. The van der Waals surface area contributed by atoms with Crippen LogP contribution in [0.1, 0.15) is 16.7 Å². The molecule has 33 heavy (non-hydrogen) atoms. The van der Waals surface area contributed by atoms with E-state index in [0.717, 1.165) is 14.7 Å². The van der Waals surface area contributed by atoms with E-state index in [1.54, 1.807) is 30.3 Å². The van der Waals surface area contributed by atoms with Crippen LogP contribution in [0.4, 0.5) is 5.69 Å². The second kappa shape index (κ2) is 11.4. The molecular formula is C25H19Cl2IN2O3. The van der Waals surface area contributed by atoms with Crippen molar-refractivity contribution in [1.82, 2.24) is 0 Å². The van der Waals surface area contributed by atoms with Crippen molar-refractivity contribution in [2.75, 3.05) is 12.4 Å². The average Bonchev–Trinajstić information content (AvgIpc) is 2.79. The molecule has 0 spiro atoms. The van der Waals surface area contributed by atoms with Crippen LogP contribution in [0.5, 0.6) is 11.5 Å². The fourth-order valence-electron chi connectivity index (χ4n) is 2.93. The summed E-state index contributed by atoms with van der Waals surface area (Å²) >= 11 is 14.7. The van der Waals surface area contributed by atoms with Gasteiger partial charge in [0.15, 0.2) is 11.5 Å². The standard InChI is InChI=1S/C25H19Cl2IN2O3/c1-15-3-6-19(26)12-22(15)30-25(31)18(13-29)9-17-10-21(27)24(23(11-17)32-2)33-14-16-4-7-20(28)8-5-16/h3-12H,14H2,1-2H3,(H,30,31)/b18-9+. The Morgan fingerprint density at radius 3 is 2.55 bits per heavy atom. The molecule has 0 fully saturated rings. The second-order valence-electron chi connectivity index (χ2n) is 7.03. The van der Waals surface area contributed by atoms with Crippen LogP contribution >= 0.6 is 45.8 Å². The van der Waals surface area contributed by atoms with Crippen LogP contribution in [-0.2, 0) is 11.4 Å². The van der Waals surface area contributed by atoms with Crippen molar-refractivity contribution in [3.63, 3.8) is 0 Å². The van der Waals surface area contributed by atoms with Crippen LogP contribution in [0.3, 0.4) is 0 Å². The third-order valence-corrected chi connectivity index (χ3v) is 5.91. The van der Waals surface area contributed by atoms with Crippen molar-refractivity contribution < 1.29 is 14.3 Å². The quantitative estimate of drug-likeness (QED) is 0.181. The number of ether oxygens (including phenoxy) is 2. The summed E-state index contributed by atoms with van der Waals surface area (Å²) in [6, 6.07) is 18.3. The van der Waals surface area contributed by atoms with Crippen molar-refractivity contribution >= 4 is 63.5 Å². The van der Waals surface area contributed by atoms with Gasteiger partial charge in [-0.05, 0) is 88.7 Å². The largest absolute Gasteiger partial charge is 0.493 e. The van der Waals surface area contributed by atoms with E-state index >= 15 is 0 Å². The number of aryl methyl sites for hydroxylation is 1. The summed E-state index contributed by atoms with van der Waals surface area (Å²) < 4.78 is 12.5. The molecule has 0 aliphatic carbocycles. The van der Waals surface area contributed by atoms with Gasteiger partial charge in [0.1, 0.15) is 18.2 Å².